The van der Waals surface area contributed by atoms with Crippen molar-refractivity contribution in [3.05, 3.63) is 35.6 Å². The topological polar surface area (TPSA) is 61.4 Å². The largest absolute Gasteiger partial charge is 0.350 e. The molecule has 2 fully saturated rings. The van der Waals surface area contributed by atoms with E-state index in [-0.39, 0.29) is 29.2 Å². The zero-order valence-corrected chi connectivity index (χ0v) is 13.3. The molecular formula is C17H22FN3O2. The van der Waals surface area contributed by atoms with Gasteiger partial charge < -0.3 is 15.5 Å². The lowest BCUT2D eigenvalue weighted by atomic mass is 9.64. The molecule has 1 aliphatic carbocycles. The summed E-state index contributed by atoms with van der Waals surface area (Å²) in [5.41, 5.74) is 1.02. The van der Waals surface area contributed by atoms with Crippen molar-refractivity contribution in [1.29, 1.82) is 0 Å². The number of hydrogen-bond donors (Lipinski definition) is 2. The fraction of sp³-hybridized carbons (Fsp3) is 0.529. The summed E-state index contributed by atoms with van der Waals surface area (Å²) in [6.45, 7) is 3.15. The quantitative estimate of drug-likeness (QED) is 0.888. The molecule has 5 nitrogen and oxygen atoms in total. The standard InChI is InChI=1S/C17H22FN3O2/c1-12(22)20-15-9-21(10-15)16(23)19-11-17(7-2-8-17)13-3-5-14(18)6-4-13/h3-6,15H,2,7-11H2,1H3,(H,19,23)(H,20,22). The van der Waals surface area contributed by atoms with Crippen LogP contribution in [0.15, 0.2) is 24.3 Å². The second kappa shape index (κ2) is 6.18. The summed E-state index contributed by atoms with van der Waals surface area (Å²) >= 11 is 0. The number of nitrogens with zero attached hydrogens (tertiary/aromatic N) is 1. The van der Waals surface area contributed by atoms with E-state index >= 15 is 0 Å². The van der Waals surface area contributed by atoms with Gasteiger partial charge in [-0.05, 0) is 30.5 Å². The Morgan fingerprint density at radius 3 is 2.43 bits per heavy atom. The third-order valence-electron chi connectivity index (χ3n) is 4.92. The molecule has 1 aliphatic heterocycles. The molecule has 0 aromatic heterocycles. The molecule has 1 aromatic carbocycles. The number of likely N-dealkylation sites (tertiary alicyclic amines) is 1. The van der Waals surface area contributed by atoms with Crippen molar-refractivity contribution in [2.75, 3.05) is 19.6 Å². The minimum atomic E-state index is -0.239. The van der Waals surface area contributed by atoms with Gasteiger partial charge >= 0.3 is 6.03 Å². The van der Waals surface area contributed by atoms with Gasteiger partial charge in [-0.1, -0.05) is 18.6 Å². The van der Waals surface area contributed by atoms with Gasteiger partial charge in [-0.15, -0.1) is 0 Å². The predicted octanol–water partition coefficient (Wildman–Crippen LogP) is 1.78. The molecular weight excluding hydrogens is 297 g/mol. The monoisotopic (exact) mass is 319 g/mol. The average Bonchev–Trinajstić information content (AvgIpc) is 2.42. The molecule has 0 radical (unpaired) electrons. The molecule has 0 atom stereocenters. The molecule has 1 aromatic rings. The Balaban J connectivity index is 1.52. The van der Waals surface area contributed by atoms with E-state index in [1.807, 2.05) is 12.1 Å². The van der Waals surface area contributed by atoms with E-state index in [2.05, 4.69) is 10.6 Å². The number of carbonyl (C=O) groups is 2. The maximum Gasteiger partial charge on any atom is 0.317 e. The van der Waals surface area contributed by atoms with Gasteiger partial charge in [0.25, 0.3) is 0 Å². The van der Waals surface area contributed by atoms with Crippen molar-refractivity contribution in [3.8, 4) is 0 Å². The van der Waals surface area contributed by atoms with Gasteiger partial charge in [0, 0.05) is 32.0 Å². The number of urea groups is 1. The van der Waals surface area contributed by atoms with E-state index in [0.29, 0.717) is 19.6 Å². The number of nitrogens with one attached hydrogen (secondary N) is 2. The van der Waals surface area contributed by atoms with Crippen molar-refractivity contribution in [2.45, 2.75) is 37.6 Å². The number of halogens is 1. The van der Waals surface area contributed by atoms with Crippen molar-refractivity contribution in [3.63, 3.8) is 0 Å². The van der Waals surface area contributed by atoms with Crippen LogP contribution >= 0.6 is 0 Å². The first-order chi connectivity index (χ1) is 11.0. The molecule has 6 heteroatoms. The van der Waals surface area contributed by atoms with Crippen LogP contribution in [-0.2, 0) is 10.2 Å². The Morgan fingerprint density at radius 2 is 1.91 bits per heavy atom. The van der Waals surface area contributed by atoms with Crippen LogP contribution in [0.3, 0.4) is 0 Å². The van der Waals surface area contributed by atoms with Gasteiger partial charge in [-0.2, -0.15) is 0 Å². The normalized spacial score (nSPS) is 19.5. The van der Waals surface area contributed by atoms with Gasteiger partial charge in [0.1, 0.15) is 5.82 Å². The van der Waals surface area contributed by atoms with E-state index in [9.17, 15) is 14.0 Å². The van der Waals surface area contributed by atoms with Crippen molar-refractivity contribution >= 4 is 11.9 Å². The highest BCUT2D eigenvalue weighted by Crippen LogP contribution is 2.43. The lowest BCUT2D eigenvalue weighted by molar-refractivity contribution is -0.120. The molecule has 23 heavy (non-hydrogen) atoms. The molecule has 3 rings (SSSR count). The Bertz CT molecular complexity index is 592. The lowest BCUT2D eigenvalue weighted by Crippen LogP contribution is -2.63. The summed E-state index contributed by atoms with van der Waals surface area (Å²) in [7, 11) is 0. The number of amides is 3. The van der Waals surface area contributed by atoms with Crippen LogP contribution < -0.4 is 10.6 Å². The Labute approximate surface area is 135 Å². The predicted molar refractivity (Wildman–Crippen MR) is 84.5 cm³/mol. The van der Waals surface area contributed by atoms with E-state index in [0.717, 1.165) is 24.8 Å². The molecule has 1 heterocycles. The van der Waals surface area contributed by atoms with Crippen LogP contribution in [0.4, 0.5) is 9.18 Å². The first-order valence-corrected chi connectivity index (χ1v) is 8.04. The Morgan fingerprint density at radius 1 is 1.26 bits per heavy atom. The lowest BCUT2D eigenvalue weighted by Gasteiger charge is -2.44. The van der Waals surface area contributed by atoms with Crippen LogP contribution in [0, 0.1) is 5.82 Å². The molecule has 0 spiro atoms. The van der Waals surface area contributed by atoms with Crippen LogP contribution in [0.25, 0.3) is 0 Å². The Hall–Kier alpha value is -2.11. The van der Waals surface area contributed by atoms with Gasteiger partial charge in [-0.3, -0.25) is 4.79 Å². The smallest absolute Gasteiger partial charge is 0.317 e. The molecule has 0 bridgehead atoms. The summed E-state index contributed by atoms with van der Waals surface area (Å²) in [5.74, 6) is -0.309. The highest BCUT2D eigenvalue weighted by Gasteiger charge is 2.40. The highest BCUT2D eigenvalue weighted by molar-refractivity contribution is 5.77. The maximum atomic E-state index is 13.1. The molecule has 2 N–H and O–H groups in total. The van der Waals surface area contributed by atoms with Crippen LogP contribution in [0.2, 0.25) is 0 Å². The molecule has 3 amide bonds. The minimum Gasteiger partial charge on any atom is -0.350 e. The maximum absolute atomic E-state index is 13.1. The SMILES string of the molecule is CC(=O)NC1CN(C(=O)NCC2(c3ccc(F)cc3)CCC2)C1. The summed E-state index contributed by atoms with van der Waals surface area (Å²) in [6.07, 6.45) is 3.14. The zero-order valence-electron chi connectivity index (χ0n) is 13.3. The van der Waals surface area contributed by atoms with E-state index in [1.165, 1.54) is 19.1 Å². The second-order valence-corrected chi connectivity index (χ2v) is 6.60. The molecule has 1 saturated heterocycles. The average molecular weight is 319 g/mol. The van der Waals surface area contributed by atoms with E-state index in [4.69, 9.17) is 0 Å². The number of benzene rings is 1. The van der Waals surface area contributed by atoms with Gasteiger partial charge in [0.05, 0.1) is 6.04 Å². The van der Waals surface area contributed by atoms with Gasteiger partial charge in [-0.25, -0.2) is 9.18 Å². The number of rotatable bonds is 4. The van der Waals surface area contributed by atoms with Crippen molar-refractivity contribution in [2.24, 2.45) is 0 Å². The summed E-state index contributed by atoms with van der Waals surface area (Å²) in [4.78, 5) is 24.8. The number of carbonyl (C=O) groups excluding carboxylic acids is 2. The van der Waals surface area contributed by atoms with E-state index in [1.54, 1.807) is 4.90 Å². The van der Waals surface area contributed by atoms with Gasteiger partial charge in [0.15, 0.2) is 0 Å². The highest BCUT2D eigenvalue weighted by atomic mass is 19.1. The first-order valence-electron chi connectivity index (χ1n) is 8.04. The molecule has 2 aliphatic rings. The Kier molecular flexibility index (Phi) is 4.24. The summed E-state index contributed by atoms with van der Waals surface area (Å²) < 4.78 is 13.1. The van der Waals surface area contributed by atoms with Gasteiger partial charge in [0.2, 0.25) is 5.91 Å². The van der Waals surface area contributed by atoms with Crippen LogP contribution in [0.1, 0.15) is 31.7 Å². The second-order valence-electron chi connectivity index (χ2n) is 6.60. The van der Waals surface area contributed by atoms with Crippen molar-refractivity contribution in [1.82, 2.24) is 15.5 Å². The van der Waals surface area contributed by atoms with Crippen LogP contribution in [0.5, 0.6) is 0 Å². The summed E-state index contributed by atoms with van der Waals surface area (Å²) in [5, 5.41) is 5.79. The third-order valence-corrected chi connectivity index (χ3v) is 4.92. The first kappa shape index (κ1) is 15.8. The number of hydrogen-bond acceptors (Lipinski definition) is 2. The van der Waals surface area contributed by atoms with Crippen molar-refractivity contribution < 1.29 is 14.0 Å². The molecule has 1 saturated carbocycles. The van der Waals surface area contributed by atoms with E-state index < -0.39 is 0 Å². The summed E-state index contributed by atoms with van der Waals surface area (Å²) in [6, 6.07) is 6.55. The molecule has 0 unspecified atom stereocenters. The van der Waals surface area contributed by atoms with Crippen LogP contribution in [-0.4, -0.2) is 42.5 Å². The fourth-order valence-electron chi connectivity index (χ4n) is 3.35. The third kappa shape index (κ3) is 3.30. The zero-order chi connectivity index (χ0) is 16.4. The molecule has 124 valence electrons. The fourth-order valence-corrected chi connectivity index (χ4v) is 3.35. The minimum absolute atomic E-state index is 0.0630.